The third kappa shape index (κ3) is 3.65. The van der Waals surface area contributed by atoms with Crippen molar-refractivity contribution < 1.29 is 4.39 Å². The molecule has 144 valence electrons. The van der Waals surface area contributed by atoms with E-state index in [-0.39, 0.29) is 5.82 Å². The van der Waals surface area contributed by atoms with Gasteiger partial charge in [-0.1, -0.05) is 19.4 Å². The first-order valence-corrected chi connectivity index (χ1v) is 9.18. The maximum Gasteiger partial charge on any atom is 0.330 e. The van der Waals surface area contributed by atoms with Crippen LogP contribution in [-0.4, -0.2) is 19.1 Å². The van der Waals surface area contributed by atoms with Crippen LogP contribution in [0.2, 0.25) is 0 Å². The molecule has 0 saturated carbocycles. The van der Waals surface area contributed by atoms with Crippen molar-refractivity contribution in [1.82, 2.24) is 19.1 Å². The maximum absolute atomic E-state index is 13.5. The standard InChI is InChI=1S/C19H24FN5O2/c1-4-6-9-25-17-16(18(26)23-19(25)27)24(5-2)15(22-17)11-21-14-10-13(20)8-7-12(14)3/h7-8,10,21H,4-6,9,11H2,1-3H3,(H,23,26,27). The fourth-order valence-corrected chi connectivity index (χ4v) is 3.18. The third-order valence-corrected chi connectivity index (χ3v) is 4.65. The highest BCUT2D eigenvalue weighted by Gasteiger charge is 2.17. The number of nitrogens with one attached hydrogen (secondary N) is 2. The average Bonchev–Trinajstić information content (AvgIpc) is 3.01. The number of unbranched alkanes of at least 4 members (excludes halogenated alkanes) is 1. The molecule has 2 aromatic heterocycles. The van der Waals surface area contributed by atoms with Gasteiger partial charge in [-0.25, -0.2) is 14.2 Å². The van der Waals surface area contributed by atoms with Crippen LogP contribution in [0.3, 0.4) is 0 Å². The highest BCUT2D eigenvalue weighted by molar-refractivity contribution is 5.71. The van der Waals surface area contributed by atoms with E-state index < -0.39 is 11.2 Å². The molecule has 0 radical (unpaired) electrons. The van der Waals surface area contributed by atoms with E-state index in [1.54, 1.807) is 10.6 Å². The fourth-order valence-electron chi connectivity index (χ4n) is 3.18. The smallest absolute Gasteiger partial charge is 0.330 e. The summed E-state index contributed by atoms with van der Waals surface area (Å²) in [6, 6.07) is 4.54. The zero-order valence-electron chi connectivity index (χ0n) is 15.8. The molecule has 0 spiro atoms. The average molecular weight is 373 g/mol. The molecule has 0 aliphatic heterocycles. The van der Waals surface area contributed by atoms with Crippen LogP contribution in [-0.2, 0) is 19.6 Å². The largest absolute Gasteiger partial charge is 0.378 e. The zero-order chi connectivity index (χ0) is 19.6. The molecule has 0 aliphatic rings. The lowest BCUT2D eigenvalue weighted by molar-refractivity contribution is 0.613. The molecule has 7 nitrogen and oxygen atoms in total. The van der Waals surface area contributed by atoms with Crippen LogP contribution in [0.4, 0.5) is 10.1 Å². The molecule has 8 heteroatoms. The van der Waals surface area contributed by atoms with Crippen LogP contribution in [0.25, 0.3) is 11.2 Å². The van der Waals surface area contributed by atoms with Gasteiger partial charge >= 0.3 is 5.69 Å². The molecule has 27 heavy (non-hydrogen) atoms. The van der Waals surface area contributed by atoms with Crippen molar-refractivity contribution in [3.63, 3.8) is 0 Å². The predicted molar refractivity (Wildman–Crippen MR) is 104 cm³/mol. The Kier molecular flexibility index (Phi) is 5.43. The van der Waals surface area contributed by atoms with Crippen LogP contribution >= 0.6 is 0 Å². The Morgan fingerprint density at radius 1 is 1.22 bits per heavy atom. The number of H-pyrrole nitrogens is 1. The number of aryl methyl sites for hydroxylation is 3. The Labute approximate surface area is 155 Å². The summed E-state index contributed by atoms with van der Waals surface area (Å²) in [5, 5.41) is 3.18. The van der Waals surface area contributed by atoms with Crippen LogP contribution in [0.5, 0.6) is 0 Å². The van der Waals surface area contributed by atoms with Crippen molar-refractivity contribution in [2.45, 2.75) is 53.2 Å². The number of hydrogen-bond donors (Lipinski definition) is 2. The van der Waals surface area contributed by atoms with Crippen LogP contribution < -0.4 is 16.6 Å². The lowest BCUT2D eigenvalue weighted by atomic mass is 10.2. The normalized spacial score (nSPS) is 11.3. The van der Waals surface area contributed by atoms with Gasteiger partial charge < -0.3 is 9.88 Å². The quantitative estimate of drug-likeness (QED) is 0.667. The molecule has 1 aromatic carbocycles. The molecule has 2 heterocycles. The van der Waals surface area contributed by atoms with Gasteiger partial charge in [0.05, 0.1) is 6.54 Å². The Morgan fingerprint density at radius 3 is 2.70 bits per heavy atom. The van der Waals surface area contributed by atoms with Crippen molar-refractivity contribution in [2.75, 3.05) is 5.32 Å². The highest BCUT2D eigenvalue weighted by Crippen LogP contribution is 2.18. The number of nitrogens with zero attached hydrogens (tertiary/aromatic N) is 3. The summed E-state index contributed by atoms with van der Waals surface area (Å²) >= 11 is 0. The maximum atomic E-state index is 13.5. The Hall–Kier alpha value is -2.90. The summed E-state index contributed by atoms with van der Waals surface area (Å²) in [6.07, 6.45) is 1.74. The Balaban J connectivity index is 2.05. The summed E-state index contributed by atoms with van der Waals surface area (Å²) in [5.41, 5.74) is 1.48. The minimum atomic E-state index is -0.442. The molecule has 0 amide bonds. The lowest BCUT2D eigenvalue weighted by Crippen LogP contribution is -2.31. The fraction of sp³-hybridized carbons (Fsp3) is 0.421. The van der Waals surface area contributed by atoms with Crippen molar-refractivity contribution >= 4 is 16.9 Å². The number of anilines is 1. The van der Waals surface area contributed by atoms with Gasteiger partial charge in [0, 0.05) is 18.8 Å². The molecule has 0 fully saturated rings. The zero-order valence-corrected chi connectivity index (χ0v) is 15.8. The van der Waals surface area contributed by atoms with Gasteiger partial charge in [0.15, 0.2) is 11.2 Å². The van der Waals surface area contributed by atoms with Crippen LogP contribution in [0.15, 0.2) is 27.8 Å². The monoisotopic (exact) mass is 373 g/mol. The number of halogens is 1. The number of aromatic amines is 1. The molecule has 0 saturated heterocycles. The number of fused-ring (bicyclic) bond motifs is 1. The van der Waals surface area contributed by atoms with E-state index in [0.717, 1.165) is 18.4 Å². The first-order valence-electron chi connectivity index (χ1n) is 9.18. The van der Waals surface area contributed by atoms with Gasteiger partial charge in [0.1, 0.15) is 11.6 Å². The minimum absolute atomic E-state index is 0.314. The van der Waals surface area contributed by atoms with Gasteiger partial charge in [0.25, 0.3) is 5.56 Å². The summed E-state index contributed by atoms with van der Waals surface area (Å²) in [6.45, 7) is 7.18. The summed E-state index contributed by atoms with van der Waals surface area (Å²) in [7, 11) is 0. The number of hydrogen-bond acceptors (Lipinski definition) is 4. The molecule has 0 atom stereocenters. The summed E-state index contributed by atoms with van der Waals surface area (Å²) < 4.78 is 16.8. The van der Waals surface area contributed by atoms with Gasteiger partial charge in [-0.05, 0) is 38.0 Å². The van der Waals surface area contributed by atoms with E-state index >= 15 is 0 Å². The van der Waals surface area contributed by atoms with Gasteiger partial charge in [-0.2, -0.15) is 0 Å². The Morgan fingerprint density at radius 2 is 2.00 bits per heavy atom. The van der Waals surface area contributed by atoms with E-state index in [0.29, 0.717) is 42.3 Å². The number of imidazole rings is 1. The van der Waals surface area contributed by atoms with E-state index in [4.69, 9.17) is 0 Å². The topological polar surface area (TPSA) is 84.7 Å². The van der Waals surface area contributed by atoms with E-state index in [2.05, 4.69) is 15.3 Å². The third-order valence-electron chi connectivity index (χ3n) is 4.65. The SMILES string of the molecule is CCCCn1c(=O)[nH]c(=O)c2c1nc(CNc1cc(F)ccc1C)n2CC. The van der Waals surface area contributed by atoms with Crippen LogP contribution in [0.1, 0.15) is 38.1 Å². The molecule has 3 aromatic rings. The highest BCUT2D eigenvalue weighted by atomic mass is 19.1. The van der Waals surface area contributed by atoms with Gasteiger partial charge in [-0.3, -0.25) is 14.3 Å². The number of aromatic nitrogens is 4. The first kappa shape index (κ1) is 18.9. The molecular formula is C19H24FN5O2. The van der Waals surface area contributed by atoms with Crippen molar-refractivity contribution in [3.8, 4) is 0 Å². The van der Waals surface area contributed by atoms with Gasteiger partial charge in [0.2, 0.25) is 0 Å². The first-order chi connectivity index (χ1) is 13.0. The summed E-state index contributed by atoms with van der Waals surface area (Å²) in [5.74, 6) is 0.300. The second-order valence-corrected chi connectivity index (χ2v) is 6.52. The van der Waals surface area contributed by atoms with E-state index in [1.807, 2.05) is 20.8 Å². The van der Waals surface area contributed by atoms with Gasteiger partial charge in [-0.15, -0.1) is 0 Å². The Bertz CT molecular complexity index is 1080. The number of benzene rings is 1. The van der Waals surface area contributed by atoms with Crippen molar-refractivity contribution in [3.05, 3.63) is 56.2 Å². The molecule has 0 bridgehead atoms. The summed E-state index contributed by atoms with van der Waals surface area (Å²) in [4.78, 5) is 31.6. The molecule has 0 aliphatic carbocycles. The van der Waals surface area contributed by atoms with Crippen molar-refractivity contribution in [2.24, 2.45) is 0 Å². The lowest BCUT2D eigenvalue weighted by Gasteiger charge is -2.10. The molecule has 3 rings (SSSR count). The number of rotatable bonds is 7. The minimum Gasteiger partial charge on any atom is -0.378 e. The van der Waals surface area contributed by atoms with E-state index in [1.165, 1.54) is 16.7 Å². The second-order valence-electron chi connectivity index (χ2n) is 6.52. The predicted octanol–water partition coefficient (Wildman–Crippen LogP) is 2.77. The molecule has 0 unspecified atom stereocenters. The van der Waals surface area contributed by atoms with Crippen molar-refractivity contribution in [1.29, 1.82) is 0 Å². The van der Waals surface area contributed by atoms with Crippen LogP contribution in [0, 0.1) is 12.7 Å². The van der Waals surface area contributed by atoms with E-state index in [9.17, 15) is 14.0 Å². The molecular weight excluding hydrogens is 349 g/mol. The molecule has 2 N–H and O–H groups in total. The second kappa shape index (κ2) is 7.77.